The normalized spacial score (nSPS) is 19.8. The lowest BCUT2D eigenvalue weighted by molar-refractivity contribution is -0.0340. The second-order valence-electron chi connectivity index (χ2n) is 7.94. The molecule has 2 rings (SSSR count). The number of carbonyl (C=O) groups is 2. The number of nitrogens with one attached hydrogen (secondary N) is 1. The zero-order valence-corrected chi connectivity index (χ0v) is 17.3. The number of hydrogen-bond donors (Lipinski definition) is 1. The number of ether oxygens (including phenoxy) is 3. The number of rotatable bonds is 6. The molecule has 2 amide bonds. The fourth-order valence-electron chi connectivity index (χ4n) is 2.93. The second kappa shape index (κ2) is 10.3. The predicted molar refractivity (Wildman–Crippen MR) is 106 cm³/mol. The van der Waals surface area contributed by atoms with Crippen LogP contribution in [0.1, 0.15) is 46.1 Å². The minimum Gasteiger partial charge on any atom is -0.445 e. The van der Waals surface area contributed by atoms with Crippen LogP contribution in [0.3, 0.4) is 0 Å². The molecule has 1 fully saturated rings. The van der Waals surface area contributed by atoms with Crippen LogP contribution in [0.5, 0.6) is 0 Å². The number of hydrogen-bond acceptors (Lipinski definition) is 5. The van der Waals surface area contributed by atoms with Crippen molar-refractivity contribution in [2.24, 2.45) is 0 Å². The first-order valence-electron chi connectivity index (χ1n) is 9.85. The Bertz CT molecular complexity index is 629. The van der Waals surface area contributed by atoms with Gasteiger partial charge in [0, 0.05) is 13.2 Å². The summed E-state index contributed by atoms with van der Waals surface area (Å²) < 4.78 is 16.7. The lowest BCUT2D eigenvalue weighted by atomic mass is 10.0. The molecule has 0 aliphatic carbocycles. The van der Waals surface area contributed by atoms with Crippen molar-refractivity contribution in [2.75, 3.05) is 19.7 Å². The SMILES string of the molecule is CCCO[C@@H]1CN(C(=O)OC(C)(C)C)CC[C@@H]1NC(=O)OCc1ccccc1. The number of amides is 2. The summed E-state index contributed by atoms with van der Waals surface area (Å²) in [5.74, 6) is 0. The van der Waals surface area contributed by atoms with E-state index in [-0.39, 0.29) is 24.8 Å². The highest BCUT2D eigenvalue weighted by molar-refractivity contribution is 5.69. The summed E-state index contributed by atoms with van der Waals surface area (Å²) in [6.45, 7) is 9.18. The fourth-order valence-corrected chi connectivity index (χ4v) is 2.93. The number of benzene rings is 1. The van der Waals surface area contributed by atoms with Gasteiger partial charge in [0.1, 0.15) is 12.2 Å². The molecule has 7 heteroatoms. The minimum absolute atomic E-state index is 0.212. The van der Waals surface area contributed by atoms with E-state index >= 15 is 0 Å². The summed E-state index contributed by atoms with van der Waals surface area (Å²) in [4.78, 5) is 26.2. The van der Waals surface area contributed by atoms with E-state index in [2.05, 4.69) is 5.32 Å². The Morgan fingerprint density at radius 2 is 1.93 bits per heavy atom. The molecule has 1 heterocycles. The summed E-state index contributed by atoms with van der Waals surface area (Å²) in [6, 6.07) is 9.31. The van der Waals surface area contributed by atoms with Crippen LogP contribution in [0.4, 0.5) is 9.59 Å². The Morgan fingerprint density at radius 1 is 1.21 bits per heavy atom. The third-order valence-corrected chi connectivity index (χ3v) is 4.26. The van der Waals surface area contributed by atoms with E-state index in [4.69, 9.17) is 14.2 Å². The van der Waals surface area contributed by atoms with Gasteiger partial charge in [0.25, 0.3) is 0 Å². The van der Waals surface area contributed by atoms with Crippen LogP contribution < -0.4 is 5.32 Å². The highest BCUT2D eigenvalue weighted by atomic mass is 16.6. The molecule has 0 spiro atoms. The Morgan fingerprint density at radius 3 is 2.57 bits per heavy atom. The van der Waals surface area contributed by atoms with E-state index in [0.717, 1.165) is 12.0 Å². The molecule has 7 nitrogen and oxygen atoms in total. The molecule has 1 saturated heterocycles. The van der Waals surface area contributed by atoms with Crippen molar-refractivity contribution in [3.63, 3.8) is 0 Å². The first kappa shape index (κ1) is 22.0. The van der Waals surface area contributed by atoms with Crippen LogP contribution in [0.15, 0.2) is 30.3 Å². The number of nitrogens with zero attached hydrogens (tertiary/aromatic N) is 1. The van der Waals surface area contributed by atoms with E-state index in [1.807, 2.05) is 58.0 Å². The van der Waals surface area contributed by atoms with Gasteiger partial charge in [0.15, 0.2) is 0 Å². The molecule has 0 saturated carbocycles. The molecule has 0 radical (unpaired) electrons. The van der Waals surface area contributed by atoms with Crippen LogP contribution in [-0.2, 0) is 20.8 Å². The summed E-state index contributed by atoms with van der Waals surface area (Å²) >= 11 is 0. The smallest absolute Gasteiger partial charge is 0.410 e. The molecule has 1 N–H and O–H groups in total. The average molecular weight is 392 g/mol. The third-order valence-electron chi connectivity index (χ3n) is 4.26. The predicted octanol–water partition coefficient (Wildman–Crippen LogP) is 3.72. The maximum absolute atomic E-state index is 12.4. The van der Waals surface area contributed by atoms with Gasteiger partial charge in [-0.2, -0.15) is 0 Å². The Kier molecular flexibility index (Phi) is 8.11. The summed E-state index contributed by atoms with van der Waals surface area (Å²) in [6.07, 6.45) is 0.292. The lowest BCUT2D eigenvalue weighted by Gasteiger charge is -2.38. The quantitative estimate of drug-likeness (QED) is 0.798. The maximum Gasteiger partial charge on any atom is 0.410 e. The zero-order chi connectivity index (χ0) is 20.6. The minimum atomic E-state index is -0.548. The molecule has 0 aromatic heterocycles. The molecule has 1 aliphatic rings. The van der Waals surface area contributed by atoms with Gasteiger partial charge in [-0.15, -0.1) is 0 Å². The van der Waals surface area contributed by atoms with Crippen molar-refractivity contribution in [3.8, 4) is 0 Å². The molecule has 1 aromatic carbocycles. The molecular weight excluding hydrogens is 360 g/mol. The molecule has 28 heavy (non-hydrogen) atoms. The molecule has 0 unspecified atom stereocenters. The number of alkyl carbamates (subject to hydrolysis) is 1. The molecule has 156 valence electrons. The highest BCUT2D eigenvalue weighted by Crippen LogP contribution is 2.18. The summed E-state index contributed by atoms with van der Waals surface area (Å²) in [5.41, 5.74) is 0.379. The van der Waals surface area contributed by atoms with Crippen molar-refractivity contribution < 1.29 is 23.8 Å². The molecule has 2 atom stereocenters. The monoisotopic (exact) mass is 392 g/mol. The lowest BCUT2D eigenvalue weighted by Crippen LogP contribution is -2.57. The number of likely N-dealkylation sites (tertiary alicyclic amines) is 1. The van der Waals surface area contributed by atoms with Gasteiger partial charge >= 0.3 is 12.2 Å². The van der Waals surface area contributed by atoms with Gasteiger partial charge in [-0.25, -0.2) is 9.59 Å². The number of piperidine rings is 1. The van der Waals surface area contributed by atoms with Crippen LogP contribution in [0.2, 0.25) is 0 Å². The van der Waals surface area contributed by atoms with Gasteiger partial charge in [-0.3, -0.25) is 0 Å². The van der Waals surface area contributed by atoms with E-state index in [0.29, 0.717) is 26.1 Å². The van der Waals surface area contributed by atoms with Gasteiger partial charge in [0.05, 0.1) is 18.7 Å². The third kappa shape index (κ3) is 7.38. The summed E-state index contributed by atoms with van der Waals surface area (Å²) in [7, 11) is 0. The van der Waals surface area contributed by atoms with Gasteiger partial charge in [-0.1, -0.05) is 37.3 Å². The average Bonchev–Trinajstić information content (AvgIpc) is 2.65. The van der Waals surface area contributed by atoms with Gasteiger partial charge in [0.2, 0.25) is 0 Å². The Labute approximate surface area is 167 Å². The molecule has 1 aliphatic heterocycles. The topological polar surface area (TPSA) is 77.1 Å². The second-order valence-corrected chi connectivity index (χ2v) is 7.94. The largest absolute Gasteiger partial charge is 0.445 e. The van der Waals surface area contributed by atoms with Crippen molar-refractivity contribution in [1.82, 2.24) is 10.2 Å². The van der Waals surface area contributed by atoms with E-state index in [9.17, 15) is 9.59 Å². The standard InChI is InChI=1S/C21H32N2O5/c1-5-13-26-18-14-23(20(25)28-21(2,3)4)12-11-17(18)22-19(24)27-15-16-9-7-6-8-10-16/h6-10,17-18H,5,11-15H2,1-4H3,(H,22,24)/t17-,18+/m0/s1. The van der Waals surface area contributed by atoms with Gasteiger partial charge in [-0.05, 0) is 39.2 Å². The van der Waals surface area contributed by atoms with Crippen LogP contribution in [-0.4, -0.2) is 54.5 Å². The van der Waals surface area contributed by atoms with Gasteiger partial charge < -0.3 is 24.4 Å². The molecule has 1 aromatic rings. The first-order chi connectivity index (χ1) is 13.3. The fraction of sp³-hybridized carbons (Fsp3) is 0.619. The maximum atomic E-state index is 12.4. The first-order valence-corrected chi connectivity index (χ1v) is 9.85. The van der Waals surface area contributed by atoms with Crippen molar-refractivity contribution in [2.45, 2.75) is 64.9 Å². The Balaban J connectivity index is 1.89. The van der Waals surface area contributed by atoms with Crippen molar-refractivity contribution >= 4 is 12.2 Å². The van der Waals surface area contributed by atoms with Crippen LogP contribution in [0, 0.1) is 0 Å². The summed E-state index contributed by atoms with van der Waals surface area (Å²) in [5, 5.41) is 2.89. The van der Waals surface area contributed by atoms with E-state index in [1.165, 1.54) is 0 Å². The van der Waals surface area contributed by atoms with E-state index in [1.54, 1.807) is 4.90 Å². The van der Waals surface area contributed by atoms with Crippen LogP contribution in [0.25, 0.3) is 0 Å². The van der Waals surface area contributed by atoms with Crippen molar-refractivity contribution in [1.29, 1.82) is 0 Å². The Hall–Kier alpha value is -2.28. The molecular formula is C21H32N2O5. The van der Waals surface area contributed by atoms with E-state index < -0.39 is 11.7 Å². The highest BCUT2D eigenvalue weighted by Gasteiger charge is 2.35. The van der Waals surface area contributed by atoms with Crippen molar-refractivity contribution in [3.05, 3.63) is 35.9 Å². The zero-order valence-electron chi connectivity index (χ0n) is 17.3. The molecule has 0 bridgehead atoms. The number of carbonyl (C=O) groups excluding carboxylic acids is 2. The van der Waals surface area contributed by atoms with Crippen LogP contribution >= 0.6 is 0 Å².